The van der Waals surface area contributed by atoms with Gasteiger partial charge < -0.3 is 19.7 Å². The molecule has 6 nitrogen and oxygen atoms in total. The topological polar surface area (TPSA) is 77.1 Å². The Labute approximate surface area is 124 Å². The number of para-hydroxylation sites is 1. The molecule has 0 heterocycles. The van der Waals surface area contributed by atoms with Crippen molar-refractivity contribution in [2.75, 3.05) is 0 Å². The van der Waals surface area contributed by atoms with Gasteiger partial charge >= 0.3 is 0 Å². The number of benzene rings is 1. The van der Waals surface area contributed by atoms with Gasteiger partial charge in [-0.2, -0.15) is 9.78 Å². The number of carboxylic acid groups (broad SMARTS) is 1. The monoisotopic (exact) mass is 297 g/mol. The van der Waals surface area contributed by atoms with Crippen molar-refractivity contribution >= 4 is 5.97 Å². The van der Waals surface area contributed by atoms with Gasteiger partial charge in [-0.3, -0.25) is 0 Å². The van der Waals surface area contributed by atoms with Gasteiger partial charge in [0.15, 0.2) is 0 Å². The maximum Gasteiger partial charge on any atom is 0.220 e. The van der Waals surface area contributed by atoms with E-state index in [2.05, 4.69) is 0 Å². The number of carboxylic acids is 1. The van der Waals surface area contributed by atoms with Gasteiger partial charge in [-0.15, -0.1) is 0 Å². The van der Waals surface area contributed by atoms with Crippen LogP contribution in [0.15, 0.2) is 18.2 Å². The molecule has 1 aromatic carbocycles. The van der Waals surface area contributed by atoms with Gasteiger partial charge in [-0.25, -0.2) is 0 Å². The van der Waals surface area contributed by atoms with Gasteiger partial charge in [-0.1, -0.05) is 6.07 Å². The molecule has 0 atom stereocenters. The third-order valence-electron chi connectivity index (χ3n) is 1.96. The van der Waals surface area contributed by atoms with Crippen molar-refractivity contribution < 1.29 is 29.5 Å². The fourth-order valence-electron chi connectivity index (χ4n) is 1.16. The molecule has 0 bridgehead atoms. The quantitative estimate of drug-likeness (QED) is 0.613. The summed E-state index contributed by atoms with van der Waals surface area (Å²) in [5.74, 6) is -1.41. The highest BCUT2D eigenvalue weighted by atomic mass is 17.2. The Balaban J connectivity index is 3.05. The van der Waals surface area contributed by atoms with Crippen molar-refractivity contribution in [2.45, 2.75) is 52.7 Å². The lowest BCUT2D eigenvalue weighted by atomic mass is 10.2. The second-order valence-corrected chi connectivity index (χ2v) is 6.48. The second kappa shape index (κ2) is 6.32. The van der Waals surface area contributed by atoms with Crippen molar-refractivity contribution in [3.05, 3.63) is 23.8 Å². The zero-order chi connectivity index (χ0) is 16.3. The van der Waals surface area contributed by atoms with Crippen LogP contribution in [0.3, 0.4) is 0 Å². The van der Waals surface area contributed by atoms with Crippen molar-refractivity contribution in [3.8, 4) is 11.5 Å². The maximum absolute atomic E-state index is 11.2. The van der Waals surface area contributed by atoms with E-state index in [0.29, 0.717) is 0 Å². The molecule has 0 fully saturated rings. The first-order valence-electron chi connectivity index (χ1n) is 6.55. The first kappa shape index (κ1) is 17.3. The molecule has 0 amide bonds. The molecule has 6 heteroatoms. The molecule has 0 spiro atoms. The smallest absolute Gasteiger partial charge is 0.220 e. The summed E-state index contributed by atoms with van der Waals surface area (Å²) in [6.45, 7) is 10.7. The van der Waals surface area contributed by atoms with E-state index in [4.69, 9.17) is 19.6 Å². The molecule has 118 valence electrons. The Hall–Kier alpha value is -1.79. The lowest BCUT2D eigenvalue weighted by Gasteiger charge is -2.22. The highest BCUT2D eigenvalue weighted by Gasteiger charge is 2.21. The van der Waals surface area contributed by atoms with Crippen LogP contribution in [0.4, 0.5) is 0 Å². The van der Waals surface area contributed by atoms with Crippen LogP contribution in [-0.4, -0.2) is 17.2 Å². The Morgan fingerprint density at radius 3 is 1.95 bits per heavy atom. The van der Waals surface area contributed by atoms with Gasteiger partial charge in [0.05, 0.1) is 5.97 Å². The van der Waals surface area contributed by atoms with Crippen LogP contribution < -0.4 is 14.9 Å². The lowest BCUT2D eigenvalue weighted by molar-refractivity contribution is -0.293. The van der Waals surface area contributed by atoms with E-state index in [1.54, 1.807) is 41.5 Å². The van der Waals surface area contributed by atoms with E-state index in [1.807, 2.05) is 0 Å². The number of carbonyl (C=O) groups is 1. The van der Waals surface area contributed by atoms with Crippen LogP contribution in [0.25, 0.3) is 0 Å². The van der Waals surface area contributed by atoms with E-state index < -0.39 is 17.2 Å². The van der Waals surface area contributed by atoms with Gasteiger partial charge in [-0.05, 0) is 53.7 Å². The summed E-state index contributed by atoms with van der Waals surface area (Å²) in [5.41, 5.74) is -1.38. The summed E-state index contributed by atoms with van der Waals surface area (Å²) in [4.78, 5) is 31.8. The molecule has 0 aliphatic rings. The van der Waals surface area contributed by atoms with Crippen LogP contribution in [0.5, 0.6) is 11.5 Å². The molecule has 0 aliphatic carbocycles. The van der Waals surface area contributed by atoms with Crippen LogP contribution in [-0.2, 0) is 9.78 Å². The highest BCUT2D eigenvalue weighted by Crippen LogP contribution is 2.33. The second-order valence-electron chi connectivity index (χ2n) is 6.48. The lowest BCUT2D eigenvalue weighted by Crippen LogP contribution is -2.26. The minimum atomic E-state index is -1.40. The number of hydrogen-bond donors (Lipinski definition) is 0. The van der Waals surface area contributed by atoms with Crippen molar-refractivity contribution in [2.24, 2.45) is 0 Å². The van der Waals surface area contributed by atoms with Gasteiger partial charge in [0.1, 0.15) is 11.2 Å². The molecule has 1 aromatic rings. The fourth-order valence-corrected chi connectivity index (χ4v) is 1.16. The van der Waals surface area contributed by atoms with Crippen molar-refractivity contribution in [1.82, 2.24) is 0 Å². The summed E-state index contributed by atoms with van der Waals surface area (Å²) in [5, 5.41) is 11.2. The number of hydrogen-bond acceptors (Lipinski definition) is 6. The van der Waals surface area contributed by atoms with Crippen LogP contribution in [0.1, 0.15) is 51.9 Å². The minimum Gasteiger partial charge on any atom is -0.545 e. The molecule has 1 rings (SSSR count). The zero-order valence-electron chi connectivity index (χ0n) is 13.2. The standard InChI is InChI=1S/C15H22O6/c1-14(2,3)20-18-11-9-7-8-10(13(16)17)12(11)19-21-15(4,5)6/h7-9H,1-6H3,(H,16,17)/p-1. The Morgan fingerprint density at radius 2 is 1.48 bits per heavy atom. The van der Waals surface area contributed by atoms with E-state index >= 15 is 0 Å². The molecular weight excluding hydrogens is 276 g/mol. The molecule has 0 N–H and O–H groups in total. The van der Waals surface area contributed by atoms with Gasteiger partial charge in [0.2, 0.25) is 11.5 Å². The summed E-state index contributed by atoms with van der Waals surface area (Å²) in [6, 6.07) is 4.34. The minimum absolute atomic E-state index is 0.0934. The summed E-state index contributed by atoms with van der Waals surface area (Å²) in [6.07, 6.45) is 0. The molecule has 0 unspecified atom stereocenters. The average molecular weight is 297 g/mol. The first-order valence-corrected chi connectivity index (χ1v) is 6.55. The van der Waals surface area contributed by atoms with Crippen LogP contribution in [0, 0.1) is 0 Å². The highest BCUT2D eigenvalue weighted by molar-refractivity contribution is 5.90. The Kier molecular flexibility index (Phi) is 5.20. The molecule has 21 heavy (non-hydrogen) atoms. The molecule has 0 radical (unpaired) electrons. The SMILES string of the molecule is CC(C)(C)OOc1cccc(C(=O)[O-])c1OOC(C)(C)C. The molecule has 0 saturated heterocycles. The predicted molar refractivity (Wildman–Crippen MR) is 73.7 cm³/mol. The Morgan fingerprint density at radius 1 is 0.952 bits per heavy atom. The predicted octanol–water partition coefficient (Wildman–Crippen LogP) is 2.27. The molecular formula is C15H21O6-. The normalized spacial score (nSPS) is 12.1. The summed E-state index contributed by atoms with van der Waals surface area (Å²) in [7, 11) is 0. The number of aromatic carboxylic acids is 1. The maximum atomic E-state index is 11.2. The van der Waals surface area contributed by atoms with Crippen LogP contribution >= 0.6 is 0 Å². The molecule has 0 aromatic heterocycles. The fraction of sp³-hybridized carbons (Fsp3) is 0.533. The number of rotatable bonds is 5. The van der Waals surface area contributed by atoms with Crippen molar-refractivity contribution in [1.29, 1.82) is 0 Å². The van der Waals surface area contributed by atoms with E-state index in [-0.39, 0.29) is 17.1 Å². The number of carbonyl (C=O) groups excluding carboxylic acids is 1. The van der Waals surface area contributed by atoms with Crippen molar-refractivity contribution in [3.63, 3.8) is 0 Å². The van der Waals surface area contributed by atoms with Gasteiger partial charge in [0, 0.05) is 5.56 Å². The molecule has 0 aliphatic heterocycles. The average Bonchev–Trinajstić information content (AvgIpc) is 2.31. The van der Waals surface area contributed by atoms with E-state index in [0.717, 1.165) is 0 Å². The Bertz CT molecular complexity index is 496. The zero-order valence-corrected chi connectivity index (χ0v) is 13.2. The molecule has 0 saturated carbocycles. The third-order valence-corrected chi connectivity index (χ3v) is 1.96. The largest absolute Gasteiger partial charge is 0.545 e. The van der Waals surface area contributed by atoms with E-state index in [1.165, 1.54) is 18.2 Å². The first-order chi connectivity index (χ1) is 9.49. The van der Waals surface area contributed by atoms with Gasteiger partial charge in [0.25, 0.3) is 0 Å². The van der Waals surface area contributed by atoms with Crippen LogP contribution in [0.2, 0.25) is 0 Å². The third kappa shape index (κ3) is 6.01. The summed E-state index contributed by atoms with van der Waals surface area (Å²) >= 11 is 0. The van der Waals surface area contributed by atoms with E-state index in [9.17, 15) is 9.90 Å². The summed E-state index contributed by atoms with van der Waals surface area (Å²) < 4.78 is 0.